The Morgan fingerprint density at radius 2 is 1.53 bits per heavy atom. The molecular weight excluding hydrogens is 220 g/mol. The van der Waals surface area contributed by atoms with Crippen LogP contribution in [0, 0.1) is 0 Å². The van der Waals surface area contributed by atoms with Crippen LogP contribution in [-0.4, -0.2) is 67.9 Å². The first-order valence-electron chi connectivity index (χ1n) is 6.09. The number of hydrogen-bond acceptors (Lipinski definition) is 4. The molecule has 1 aliphatic heterocycles. The van der Waals surface area contributed by atoms with Gasteiger partial charge in [-0.2, -0.15) is 0 Å². The maximum absolute atomic E-state index is 11.7. The van der Waals surface area contributed by atoms with E-state index in [9.17, 15) is 9.59 Å². The highest BCUT2D eigenvalue weighted by Gasteiger charge is 2.22. The number of rotatable bonds is 5. The van der Waals surface area contributed by atoms with Crippen LogP contribution in [0.2, 0.25) is 0 Å². The monoisotopic (exact) mass is 242 g/mol. The fourth-order valence-corrected chi connectivity index (χ4v) is 1.88. The molecule has 0 spiro atoms. The van der Waals surface area contributed by atoms with E-state index in [1.807, 2.05) is 11.9 Å². The standard InChI is InChI=1S/C11H22N4O2/c1-13-5-3-11(17)15-8-6-14(7-9-15)10(16)2-4-12/h13H,2-9,12H2,1H3. The van der Waals surface area contributed by atoms with Crippen molar-refractivity contribution < 1.29 is 9.59 Å². The summed E-state index contributed by atoms with van der Waals surface area (Å²) in [5.74, 6) is 0.250. The van der Waals surface area contributed by atoms with Crippen LogP contribution in [0.5, 0.6) is 0 Å². The van der Waals surface area contributed by atoms with Crippen molar-refractivity contribution in [1.82, 2.24) is 15.1 Å². The van der Waals surface area contributed by atoms with Crippen LogP contribution in [-0.2, 0) is 9.59 Å². The molecule has 0 aromatic heterocycles. The van der Waals surface area contributed by atoms with Crippen LogP contribution < -0.4 is 11.1 Å². The van der Waals surface area contributed by atoms with Gasteiger partial charge in [-0.15, -0.1) is 0 Å². The summed E-state index contributed by atoms with van der Waals surface area (Å²) in [6.45, 7) is 3.62. The van der Waals surface area contributed by atoms with E-state index >= 15 is 0 Å². The molecule has 0 bridgehead atoms. The molecule has 17 heavy (non-hydrogen) atoms. The molecule has 0 aromatic carbocycles. The third-order valence-corrected chi connectivity index (χ3v) is 2.93. The normalized spacial score (nSPS) is 16.1. The molecule has 1 aliphatic rings. The zero-order valence-corrected chi connectivity index (χ0v) is 10.4. The lowest BCUT2D eigenvalue weighted by molar-refractivity contribution is -0.139. The minimum atomic E-state index is 0.0924. The Kier molecular flexibility index (Phi) is 5.93. The lowest BCUT2D eigenvalue weighted by Gasteiger charge is -2.34. The molecule has 98 valence electrons. The molecule has 1 fully saturated rings. The van der Waals surface area contributed by atoms with Crippen molar-refractivity contribution in [3.63, 3.8) is 0 Å². The highest BCUT2D eigenvalue weighted by atomic mass is 16.2. The van der Waals surface area contributed by atoms with Crippen molar-refractivity contribution in [1.29, 1.82) is 0 Å². The van der Waals surface area contributed by atoms with Gasteiger partial charge in [0.1, 0.15) is 0 Å². The Balaban J connectivity index is 2.30. The molecule has 1 heterocycles. The average molecular weight is 242 g/mol. The summed E-state index contributed by atoms with van der Waals surface area (Å²) in [5, 5.41) is 2.96. The van der Waals surface area contributed by atoms with Gasteiger partial charge in [-0.25, -0.2) is 0 Å². The van der Waals surface area contributed by atoms with Crippen LogP contribution in [0.4, 0.5) is 0 Å². The van der Waals surface area contributed by atoms with Crippen molar-refractivity contribution in [3.05, 3.63) is 0 Å². The molecule has 3 N–H and O–H groups in total. The van der Waals surface area contributed by atoms with E-state index in [1.54, 1.807) is 4.90 Å². The van der Waals surface area contributed by atoms with Gasteiger partial charge < -0.3 is 20.9 Å². The summed E-state index contributed by atoms with van der Waals surface area (Å²) < 4.78 is 0. The summed E-state index contributed by atoms with van der Waals surface area (Å²) in [4.78, 5) is 26.9. The summed E-state index contributed by atoms with van der Waals surface area (Å²) in [6.07, 6.45) is 0.918. The smallest absolute Gasteiger partial charge is 0.223 e. The number of carbonyl (C=O) groups is 2. The maximum atomic E-state index is 11.7. The molecule has 1 rings (SSSR count). The Morgan fingerprint density at radius 1 is 1.06 bits per heavy atom. The molecule has 0 atom stereocenters. The second kappa shape index (κ2) is 7.24. The van der Waals surface area contributed by atoms with Crippen LogP contribution in [0.15, 0.2) is 0 Å². The Bertz CT molecular complexity index is 262. The quantitative estimate of drug-likeness (QED) is 0.622. The number of amides is 2. The van der Waals surface area contributed by atoms with E-state index in [-0.39, 0.29) is 11.8 Å². The van der Waals surface area contributed by atoms with E-state index in [0.29, 0.717) is 52.1 Å². The summed E-state index contributed by atoms with van der Waals surface area (Å²) in [6, 6.07) is 0. The summed E-state index contributed by atoms with van der Waals surface area (Å²) in [5.41, 5.74) is 5.35. The number of nitrogens with one attached hydrogen (secondary N) is 1. The average Bonchev–Trinajstić information content (AvgIpc) is 2.36. The Labute approximate surface area is 102 Å². The van der Waals surface area contributed by atoms with Gasteiger partial charge in [0.25, 0.3) is 0 Å². The highest BCUT2D eigenvalue weighted by Crippen LogP contribution is 2.05. The molecule has 2 amide bonds. The first kappa shape index (κ1) is 13.9. The zero-order chi connectivity index (χ0) is 12.7. The minimum Gasteiger partial charge on any atom is -0.339 e. The third kappa shape index (κ3) is 4.32. The topological polar surface area (TPSA) is 78.7 Å². The maximum Gasteiger partial charge on any atom is 0.223 e. The van der Waals surface area contributed by atoms with Crippen molar-refractivity contribution in [2.75, 3.05) is 46.3 Å². The van der Waals surface area contributed by atoms with Gasteiger partial charge in [-0.1, -0.05) is 0 Å². The second-order valence-electron chi connectivity index (χ2n) is 4.15. The van der Waals surface area contributed by atoms with E-state index in [0.717, 1.165) is 0 Å². The van der Waals surface area contributed by atoms with Crippen molar-refractivity contribution >= 4 is 11.8 Å². The van der Waals surface area contributed by atoms with Crippen LogP contribution >= 0.6 is 0 Å². The van der Waals surface area contributed by atoms with Gasteiger partial charge in [0.2, 0.25) is 11.8 Å². The van der Waals surface area contributed by atoms with Gasteiger partial charge in [0, 0.05) is 52.1 Å². The van der Waals surface area contributed by atoms with E-state index in [2.05, 4.69) is 5.32 Å². The van der Waals surface area contributed by atoms with Crippen LogP contribution in [0.1, 0.15) is 12.8 Å². The molecule has 0 saturated carbocycles. The van der Waals surface area contributed by atoms with Gasteiger partial charge in [-0.3, -0.25) is 9.59 Å². The van der Waals surface area contributed by atoms with Gasteiger partial charge in [-0.05, 0) is 7.05 Å². The van der Waals surface area contributed by atoms with Gasteiger partial charge in [0.15, 0.2) is 0 Å². The molecule has 1 saturated heterocycles. The fraction of sp³-hybridized carbons (Fsp3) is 0.818. The van der Waals surface area contributed by atoms with Crippen molar-refractivity contribution in [2.45, 2.75) is 12.8 Å². The van der Waals surface area contributed by atoms with E-state index in [1.165, 1.54) is 0 Å². The second-order valence-corrected chi connectivity index (χ2v) is 4.15. The molecule has 0 radical (unpaired) electrons. The van der Waals surface area contributed by atoms with Crippen LogP contribution in [0.3, 0.4) is 0 Å². The summed E-state index contributed by atoms with van der Waals surface area (Å²) in [7, 11) is 1.83. The Morgan fingerprint density at radius 3 is 1.94 bits per heavy atom. The number of nitrogens with two attached hydrogens (primary N) is 1. The summed E-state index contributed by atoms with van der Waals surface area (Å²) >= 11 is 0. The largest absolute Gasteiger partial charge is 0.339 e. The molecule has 0 aliphatic carbocycles. The molecule has 0 unspecified atom stereocenters. The zero-order valence-electron chi connectivity index (χ0n) is 10.4. The number of hydrogen-bond donors (Lipinski definition) is 2. The number of nitrogens with zero attached hydrogens (tertiary/aromatic N) is 2. The number of piperazine rings is 1. The van der Waals surface area contributed by atoms with E-state index in [4.69, 9.17) is 5.73 Å². The van der Waals surface area contributed by atoms with Crippen LogP contribution in [0.25, 0.3) is 0 Å². The first-order chi connectivity index (χ1) is 8.19. The minimum absolute atomic E-state index is 0.0924. The molecule has 6 nitrogen and oxygen atoms in total. The lowest BCUT2D eigenvalue weighted by atomic mass is 10.2. The predicted octanol–water partition coefficient (Wildman–Crippen LogP) is -1.38. The lowest BCUT2D eigenvalue weighted by Crippen LogP contribution is -2.51. The predicted molar refractivity (Wildman–Crippen MR) is 65.4 cm³/mol. The van der Waals surface area contributed by atoms with E-state index < -0.39 is 0 Å². The molecular formula is C11H22N4O2. The molecule has 0 aromatic rings. The highest BCUT2D eigenvalue weighted by molar-refractivity contribution is 5.78. The molecule has 6 heteroatoms. The van der Waals surface area contributed by atoms with Gasteiger partial charge in [0.05, 0.1) is 0 Å². The third-order valence-electron chi connectivity index (χ3n) is 2.93. The fourth-order valence-electron chi connectivity index (χ4n) is 1.88. The SMILES string of the molecule is CNCCC(=O)N1CCN(C(=O)CCN)CC1. The number of carbonyl (C=O) groups excluding carboxylic acids is 2. The Hall–Kier alpha value is -1.14. The first-order valence-corrected chi connectivity index (χ1v) is 6.09. The van der Waals surface area contributed by atoms with Crippen molar-refractivity contribution in [2.24, 2.45) is 5.73 Å². The van der Waals surface area contributed by atoms with Gasteiger partial charge >= 0.3 is 0 Å². The van der Waals surface area contributed by atoms with Crippen molar-refractivity contribution in [3.8, 4) is 0 Å².